The molecule has 0 rings (SSSR count). The van der Waals surface area contributed by atoms with Crippen molar-refractivity contribution in [3.05, 3.63) is 0 Å². The quantitative estimate of drug-likeness (QED) is 0.104. The first-order valence-electron chi connectivity index (χ1n) is 9.90. The second-order valence-electron chi connectivity index (χ2n) is 6.11. The van der Waals surface area contributed by atoms with E-state index >= 15 is 0 Å². The summed E-state index contributed by atoms with van der Waals surface area (Å²) in [7, 11) is 0.878. The third kappa shape index (κ3) is 39.6. The molecule has 0 heterocycles. The van der Waals surface area contributed by atoms with Crippen LogP contribution in [0.5, 0.6) is 0 Å². The summed E-state index contributed by atoms with van der Waals surface area (Å²) in [6.07, 6.45) is 17.4. The molecular weight excluding hydrogens is 904 g/mol. The fourth-order valence-corrected chi connectivity index (χ4v) is 7.70. The summed E-state index contributed by atoms with van der Waals surface area (Å²) in [5.74, 6) is 0. The van der Waals surface area contributed by atoms with Gasteiger partial charge in [-0.15, -0.1) is 15.8 Å². The molecule has 0 bridgehead atoms. The van der Waals surface area contributed by atoms with Gasteiger partial charge < -0.3 is 0 Å². The Labute approximate surface area is 206 Å². The average Bonchev–Trinajstić information content (AvgIpc) is 2.48. The molecule has 156 valence electrons. The molecule has 25 heavy (non-hydrogen) atoms. The first-order chi connectivity index (χ1) is 11.7. The van der Waals surface area contributed by atoms with Crippen molar-refractivity contribution in [2.75, 3.05) is 37.0 Å². The Morgan fingerprint density at radius 2 is 0.560 bits per heavy atom. The van der Waals surface area contributed by atoms with E-state index < -0.39 is 2.50 Å². The molecule has 0 aliphatic rings. The summed E-state index contributed by atoms with van der Waals surface area (Å²) in [5.41, 5.74) is 0. The standard InChI is InChI=1S/2C9H21P.4HI.Sn/c2*1-4-7-10(8-5-2)9-6-3;;;;;/h2*4-9H2,1-3H3;4*1H;/q;;;;;;+4/p-4. The molecule has 0 aliphatic carbocycles. The Morgan fingerprint density at radius 1 is 0.440 bits per heavy atom. The molecule has 0 aromatic carbocycles. The first kappa shape index (κ1) is 34.2. The summed E-state index contributed by atoms with van der Waals surface area (Å²) in [4.78, 5) is 0. The zero-order valence-electron chi connectivity index (χ0n) is 17.4. The van der Waals surface area contributed by atoms with Crippen molar-refractivity contribution in [1.82, 2.24) is 0 Å². The van der Waals surface area contributed by atoms with Crippen molar-refractivity contribution < 1.29 is 0 Å². The molecule has 0 spiro atoms. The minimum absolute atomic E-state index is 0.439. The number of hydrogen-bond acceptors (Lipinski definition) is 0. The van der Waals surface area contributed by atoms with Crippen molar-refractivity contribution in [3.8, 4) is 0 Å². The van der Waals surface area contributed by atoms with Crippen LogP contribution in [0.1, 0.15) is 80.1 Å². The normalized spacial score (nSPS) is 11.0. The fourth-order valence-electron chi connectivity index (χ4n) is 2.57. The van der Waals surface area contributed by atoms with Gasteiger partial charge in [0.1, 0.15) is 0 Å². The van der Waals surface area contributed by atoms with Gasteiger partial charge in [0, 0.05) is 0 Å². The molecular formula is C18H42I4P2Sn. The molecule has 0 fully saturated rings. The third-order valence-electron chi connectivity index (χ3n) is 3.24. The van der Waals surface area contributed by atoms with Gasteiger partial charge in [0.25, 0.3) is 0 Å². The van der Waals surface area contributed by atoms with E-state index in [2.05, 4.69) is 116 Å². The maximum absolute atomic E-state index is 2.55. The topological polar surface area (TPSA) is 0 Å². The van der Waals surface area contributed by atoms with Crippen molar-refractivity contribution in [2.45, 2.75) is 80.1 Å². The minimum atomic E-state index is -1.30. The van der Waals surface area contributed by atoms with Crippen LogP contribution in [-0.4, -0.2) is 39.5 Å². The van der Waals surface area contributed by atoms with E-state index in [1.54, 1.807) is 0 Å². The Bertz CT molecular complexity index is 189. The van der Waals surface area contributed by atoms with E-state index in [9.17, 15) is 0 Å². The molecule has 0 aromatic heterocycles. The van der Waals surface area contributed by atoms with Crippen LogP contribution in [0.3, 0.4) is 0 Å². The van der Waals surface area contributed by atoms with E-state index in [-0.39, 0.29) is 0 Å². The van der Waals surface area contributed by atoms with Gasteiger partial charge in [0.05, 0.1) is 0 Å². The van der Waals surface area contributed by atoms with Crippen LogP contribution in [-0.2, 0) is 0 Å². The zero-order chi connectivity index (χ0) is 20.1. The van der Waals surface area contributed by atoms with Crippen molar-refractivity contribution in [2.24, 2.45) is 0 Å². The molecule has 0 N–H and O–H groups in total. The summed E-state index contributed by atoms with van der Waals surface area (Å²) in [5, 5.41) is 0. The van der Waals surface area contributed by atoms with Gasteiger partial charge >= 0.3 is 77.0 Å². The zero-order valence-corrected chi connectivity index (χ0v) is 30.7. The molecule has 0 aromatic rings. The average molecular weight is 947 g/mol. The summed E-state index contributed by atoms with van der Waals surface area (Å²) in [6, 6.07) is 0. The summed E-state index contributed by atoms with van der Waals surface area (Å²) >= 11 is 10.2. The second kappa shape index (κ2) is 26.6. The van der Waals surface area contributed by atoms with Gasteiger partial charge in [-0.05, 0) is 37.0 Å². The first-order valence-corrected chi connectivity index (χ1v) is 47.0. The van der Waals surface area contributed by atoms with Gasteiger partial charge in [-0.3, -0.25) is 0 Å². The van der Waals surface area contributed by atoms with Crippen LogP contribution in [0.4, 0.5) is 0 Å². The molecule has 0 atom stereocenters. The number of halogens is 4. The van der Waals surface area contributed by atoms with E-state index in [4.69, 9.17) is 0 Å². The maximum atomic E-state index is 2.55. The molecule has 0 aliphatic heterocycles. The van der Waals surface area contributed by atoms with Crippen molar-refractivity contribution in [3.63, 3.8) is 0 Å². The van der Waals surface area contributed by atoms with E-state index in [0.717, 1.165) is 0 Å². The monoisotopic (exact) mass is 948 g/mol. The molecule has 0 unspecified atom stereocenters. The summed E-state index contributed by atoms with van der Waals surface area (Å²) < 4.78 is -1.30. The molecule has 0 nitrogen and oxygen atoms in total. The fraction of sp³-hybridized carbons (Fsp3) is 1.00. The molecule has 7 heteroatoms. The van der Waals surface area contributed by atoms with Crippen LogP contribution < -0.4 is 0 Å². The van der Waals surface area contributed by atoms with Gasteiger partial charge in [-0.2, -0.15) is 0 Å². The van der Waals surface area contributed by atoms with E-state index in [1.807, 2.05) is 0 Å². The van der Waals surface area contributed by atoms with Crippen molar-refractivity contribution >= 4 is 92.9 Å². The SMILES string of the molecule is CCCP(CCC)CCC.CCCP(CCC)CCC.[I][Sn]([I])([I])[I]. The van der Waals surface area contributed by atoms with E-state index in [1.165, 1.54) is 75.5 Å². The Morgan fingerprint density at radius 3 is 0.640 bits per heavy atom. The molecule has 0 radical (unpaired) electrons. The van der Waals surface area contributed by atoms with Crippen LogP contribution in [0.25, 0.3) is 0 Å². The molecule has 0 amide bonds. The van der Waals surface area contributed by atoms with Gasteiger partial charge in [-0.25, -0.2) is 0 Å². The van der Waals surface area contributed by atoms with Gasteiger partial charge in [-0.1, -0.05) is 80.1 Å². The van der Waals surface area contributed by atoms with Crippen LogP contribution in [0.15, 0.2) is 0 Å². The van der Waals surface area contributed by atoms with Crippen LogP contribution in [0.2, 0.25) is 0 Å². The second-order valence-corrected chi connectivity index (χ2v) is 140. The van der Waals surface area contributed by atoms with Crippen LogP contribution in [0, 0.1) is 0 Å². The van der Waals surface area contributed by atoms with Crippen LogP contribution >= 0.6 is 90.4 Å². The van der Waals surface area contributed by atoms with E-state index in [0.29, 0.717) is 15.8 Å². The van der Waals surface area contributed by atoms with Gasteiger partial charge in [0.15, 0.2) is 0 Å². The molecule has 0 saturated heterocycles. The van der Waals surface area contributed by atoms with Gasteiger partial charge in [0.2, 0.25) is 0 Å². The third-order valence-corrected chi connectivity index (χ3v) is 9.72. The molecule has 0 saturated carbocycles. The Hall–Kier alpha value is 4.58. The van der Waals surface area contributed by atoms with Crippen molar-refractivity contribution in [1.29, 1.82) is 0 Å². The predicted molar refractivity (Wildman–Crippen MR) is 167 cm³/mol. The predicted octanol–water partition coefficient (Wildman–Crippen LogP) is 10.6. The number of rotatable bonds is 12. The Balaban J connectivity index is -0.000000308. The Kier molecular flexibility index (Phi) is 36.4. The summed E-state index contributed by atoms with van der Waals surface area (Å²) in [6.45, 7) is 13.8. The number of hydrogen-bond donors (Lipinski definition) is 0.